The number of ether oxygens (including phenoxy) is 1. The maximum atomic E-state index is 12.6. The zero-order chi connectivity index (χ0) is 18.2. The SMILES string of the molecule is CCC(C)[C@H](NC(=O)N1CCCC1)C(=O)NCc1ccc(OC)cc1. The summed E-state index contributed by atoms with van der Waals surface area (Å²) < 4.78 is 5.13. The topological polar surface area (TPSA) is 70.7 Å². The van der Waals surface area contributed by atoms with Crippen LogP contribution in [0.3, 0.4) is 0 Å². The average molecular weight is 347 g/mol. The minimum atomic E-state index is -0.517. The van der Waals surface area contributed by atoms with Crippen molar-refractivity contribution in [3.63, 3.8) is 0 Å². The van der Waals surface area contributed by atoms with E-state index in [-0.39, 0.29) is 17.9 Å². The molecule has 1 aromatic rings. The van der Waals surface area contributed by atoms with E-state index >= 15 is 0 Å². The number of hydrogen-bond donors (Lipinski definition) is 2. The number of nitrogens with zero attached hydrogens (tertiary/aromatic N) is 1. The van der Waals surface area contributed by atoms with E-state index in [0.29, 0.717) is 6.54 Å². The molecule has 0 aromatic heterocycles. The van der Waals surface area contributed by atoms with Crippen molar-refractivity contribution in [1.29, 1.82) is 0 Å². The van der Waals surface area contributed by atoms with Gasteiger partial charge in [0.15, 0.2) is 0 Å². The number of nitrogens with one attached hydrogen (secondary N) is 2. The molecule has 1 aliphatic heterocycles. The fraction of sp³-hybridized carbons (Fsp3) is 0.579. The molecular formula is C19H29N3O3. The van der Waals surface area contributed by atoms with Crippen LogP contribution in [0, 0.1) is 5.92 Å². The second-order valence-electron chi connectivity index (χ2n) is 6.57. The Kier molecular flexibility index (Phi) is 7.10. The third kappa shape index (κ3) is 5.37. The van der Waals surface area contributed by atoms with Gasteiger partial charge in [-0.25, -0.2) is 4.79 Å². The zero-order valence-corrected chi connectivity index (χ0v) is 15.4. The van der Waals surface area contributed by atoms with Crippen molar-refractivity contribution in [2.45, 2.75) is 45.7 Å². The second kappa shape index (κ2) is 9.30. The van der Waals surface area contributed by atoms with Gasteiger partial charge >= 0.3 is 6.03 Å². The molecule has 2 N–H and O–H groups in total. The molecule has 1 aromatic carbocycles. The summed E-state index contributed by atoms with van der Waals surface area (Å²) in [7, 11) is 1.62. The molecule has 25 heavy (non-hydrogen) atoms. The highest BCUT2D eigenvalue weighted by atomic mass is 16.5. The fourth-order valence-electron chi connectivity index (χ4n) is 2.89. The predicted octanol–water partition coefficient (Wildman–Crippen LogP) is 2.53. The van der Waals surface area contributed by atoms with Crippen molar-refractivity contribution < 1.29 is 14.3 Å². The van der Waals surface area contributed by atoms with E-state index in [4.69, 9.17) is 4.74 Å². The minimum Gasteiger partial charge on any atom is -0.497 e. The van der Waals surface area contributed by atoms with Crippen LogP contribution in [0.15, 0.2) is 24.3 Å². The maximum Gasteiger partial charge on any atom is 0.318 e. The first kappa shape index (κ1) is 19.1. The van der Waals surface area contributed by atoms with Gasteiger partial charge in [-0.3, -0.25) is 4.79 Å². The van der Waals surface area contributed by atoms with Gasteiger partial charge < -0.3 is 20.3 Å². The molecule has 6 nitrogen and oxygen atoms in total. The van der Waals surface area contributed by atoms with Crippen LogP contribution in [0.25, 0.3) is 0 Å². The highest BCUT2D eigenvalue weighted by Crippen LogP contribution is 2.13. The van der Waals surface area contributed by atoms with Gasteiger partial charge in [0.05, 0.1) is 7.11 Å². The molecule has 2 rings (SSSR count). The molecule has 0 aliphatic carbocycles. The lowest BCUT2D eigenvalue weighted by Crippen LogP contribution is -2.53. The third-order valence-electron chi connectivity index (χ3n) is 4.79. The molecular weight excluding hydrogens is 318 g/mol. The summed E-state index contributed by atoms with van der Waals surface area (Å²) in [6.07, 6.45) is 2.89. The monoisotopic (exact) mass is 347 g/mol. The van der Waals surface area contributed by atoms with E-state index in [2.05, 4.69) is 10.6 Å². The summed E-state index contributed by atoms with van der Waals surface area (Å²) in [5.74, 6) is 0.713. The number of amides is 3. The molecule has 0 bridgehead atoms. The lowest BCUT2D eigenvalue weighted by atomic mass is 9.98. The van der Waals surface area contributed by atoms with Crippen molar-refractivity contribution in [2.75, 3.05) is 20.2 Å². The lowest BCUT2D eigenvalue weighted by Gasteiger charge is -2.26. The summed E-state index contributed by atoms with van der Waals surface area (Å²) in [5, 5.41) is 5.85. The fourth-order valence-corrected chi connectivity index (χ4v) is 2.89. The summed E-state index contributed by atoms with van der Waals surface area (Å²) >= 11 is 0. The minimum absolute atomic E-state index is 0.0717. The third-order valence-corrected chi connectivity index (χ3v) is 4.79. The first-order valence-corrected chi connectivity index (χ1v) is 9.01. The Morgan fingerprint density at radius 2 is 1.84 bits per heavy atom. The van der Waals surface area contributed by atoms with E-state index in [1.807, 2.05) is 38.1 Å². The molecule has 2 atom stereocenters. The molecule has 0 saturated carbocycles. The first-order chi connectivity index (χ1) is 12.0. The normalized spacial score (nSPS) is 16.2. The Morgan fingerprint density at radius 1 is 1.20 bits per heavy atom. The summed E-state index contributed by atoms with van der Waals surface area (Å²) in [5.41, 5.74) is 0.989. The van der Waals surface area contributed by atoms with Gasteiger partial charge in [-0.05, 0) is 36.5 Å². The van der Waals surface area contributed by atoms with Gasteiger partial charge in [0, 0.05) is 19.6 Å². The number of methoxy groups -OCH3 is 1. The Balaban J connectivity index is 1.93. The highest BCUT2D eigenvalue weighted by Gasteiger charge is 2.28. The molecule has 1 heterocycles. The van der Waals surface area contributed by atoms with E-state index < -0.39 is 6.04 Å². The number of benzene rings is 1. The van der Waals surface area contributed by atoms with Crippen LogP contribution in [-0.2, 0) is 11.3 Å². The van der Waals surface area contributed by atoms with Gasteiger partial charge in [-0.15, -0.1) is 0 Å². The Bertz CT molecular complexity index is 568. The zero-order valence-electron chi connectivity index (χ0n) is 15.4. The van der Waals surface area contributed by atoms with Crippen molar-refractivity contribution in [3.05, 3.63) is 29.8 Å². The van der Waals surface area contributed by atoms with Crippen molar-refractivity contribution in [3.8, 4) is 5.75 Å². The Hall–Kier alpha value is -2.24. The van der Waals surface area contributed by atoms with Gasteiger partial charge in [-0.2, -0.15) is 0 Å². The second-order valence-corrected chi connectivity index (χ2v) is 6.57. The molecule has 138 valence electrons. The van der Waals surface area contributed by atoms with E-state index in [9.17, 15) is 9.59 Å². The number of carbonyl (C=O) groups is 2. The first-order valence-electron chi connectivity index (χ1n) is 9.01. The molecule has 3 amide bonds. The average Bonchev–Trinajstić information content (AvgIpc) is 3.18. The quantitative estimate of drug-likeness (QED) is 0.796. The van der Waals surface area contributed by atoms with Gasteiger partial charge in [0.25, 0.3) is 0 Å². The van der Waals surface area contributed by atoms with E-state index in [1.54, 1.807) is 12.0 Å². The lowest BCUT2D eigenvalue weighted by molar-refractivity contribution is -0.124. The molecule has 0 radical (unpaired) electrons. The van der Waals surface area contributed by atoms with Crippen LogP contribution in [-0.4, -0.2) is 43.1 Å². The predicted molar refractivity (Wildman–Crippen MR) is 97.4 cm³/mol. The maximum absolute atomic E-state index is 12.6. The van der Waals surface area contributed by atoms with Crippen LogP contribution < -0.4 is 15.4 Å². The van der Waals surface area contributed by atoms with Crippen molar-refractivity contribution >= 4 is 11.9 Å². The molecule has 1 fully saturated rings. The van der Waals surface area contributed by atoms with Crippen molar-refractivity contribution in [1.82, 2.24) is 15.5 Å². The summed E-state index contributed by atoms with van der Waals surface area (Å²) in [4.78, 5) is 26.8. The Labute approximate surface area is 149 Å². The van der Waals surface area contributed by atoms with Crippen molar-refractivity contribution in [2.24, 2.45) is 5.92 Å². The van der Waals surface area contributed by atoms with Gasteiger partial charge in [0.1, 0.15) is 11.8 Å². The van der Waals surface area contributed by atoms with E-state index in [1.165, 1.54) is 0 Å². The number of rotatable bonds is 7. The Morgan fingerprint density at radius 3 is 2.40 bits per heavy atom. The van der Waals surface area contributed by atoms with Gasteiger partial charge in [-0.1, -0.05) is 32.4 Å². The molecule has 6 heteroatoms. The number of carbonyl (C=O) groups excluding carboxylic acids is 2. The largest absolute Gasteiger partial charge is 0.497 e. The summed E-state index contributed by atoms with van der Waals surface area (Å²) in [6.45, 7) is 5.98. The van der Waals surface area contributed by atoms with Crippen LogP contribution in [0.2, 0.25) is 0 Å². The smallest absolute Gasteiger partial charge is 0.318 e. The molecule has 1 unspecified atom stereocenters. The van der Waals surface area contributed by atoms with Gasteiger partial charge in [0.2, 0.25) is 5.91 Å². The highest BCUT2D eigenvalue weighted by molar-refractivity contribution is 5.87. The van der Waals surface area contributed by atoms with E-state index in [0.717, 1.165) is 43.7 Å². The molecule has 1 saturated heterocycles. The standard InChI is InChI=1S/C19H29N3O3/c1-4-14(2)17(21-19(24)22-11-5-6-12-22)18(23)20-13-15-7-9-16(25-3)10-8-15/h7-10,14,17H,4-6,11-13H2,1-3H3,(H,20,23)(H,21,24)/t14?,17-/m0/s1. The molecule has 0 spiro atoms. The number of likely N-dealkylation sites (tertiary alicyclic amines) is 1. The summed E-state index contributed by atoms with van der Waals surface area (Å²) in [6, 6.07) is 6.91. The van der Waals surface area contributed by atoms with Crippen LogP contribution in [0.4, 0.5) is 4.79 Å². The van der Waals surface area contributed by atoms with Crippen LogP contribution in [0.1, 0.15) is 38.7 Å². The molecule has 1 aliphatic rings. The van der Waals surface area contributed by atoms with Crippen LogP contribution >= 0.6 is 0 Å². The number of urea groups is 1. The van der Waals surface area contributed by atoms with Crippen LogP contribution in [0.5, 0.6) is 5.75 Å². The number of hydrogen-bond acceptors (Lipinski definition) is 3.